The van der Waals surface area contributed by atoms with Crippen molar-refractivity contribution in [1.82, 2.24) is 16.0 Å². The molecule has 10 heteroatoms. The molecule has 0 aromatic carbocycles. The van der Waals surface area contributed by atoms with Crippen molar-refractivity contribution in [2.75, 3.05) is 39.3 Å². The Hall–Kier alpha value is -0.330. The molecule has 4 fully saturated rings. The predicted octanol–water partition coefficient (Wildman–Crippen LogP) is 4.75. The van der Waals surface area contributed by atoms with Crippen molar-refractivity contribution in [2.45, 2.75) is 130 Å². The van der Waals surface area contributed by atoms with Crippen molar-refractivity contribution in [3.05, 3.63) is 0 Å². The molecule has 4 saturated carbocycles. The van der Waals surface area contributed by atoms with Crippen molar-refractivity contribution < 1.29 is 22.3 Å². The molecule has 4 aliphatic rings. The molecular formula is C35H68N4O5S. The summed E-state index contributed by atoms with van der Waals surface area (Å²) < 4.78 is 37.1. The SMILES string of the molecule is CC(C)[C@@H](CC[C@@H](C)[C@H]1CCC2C3C(CC[C@@]21C)[C@@]1(C)CC[C@H](NCCCNCCNCCCN)C[C@@H]1C[C@H]3O)OS(=O)(=O)O. The first-order chi connectivity index (χ1) is 21.3. The van der Waals surface area contributed by atoms with Gasteiger partial charge in [0.2, 0.25) is 0 Å². The molecule has 45 heavy (non-hydrogen) atoms. The number of nitrogens with one attached hydrogen (secondary N) is 3. The zero-order valence-corrected chi connectivity index (χ0v) is 29.9. The average Bonchev–Trinajstić information content (AvgIpc) is 3.33. The van der Waals surface area contributed by atoms with E-state index in [9.17, 15) is 18.1 Å². The standard InChI is InChI=1S/C35H68N4O5S/c1-24(2)32(44-45(41,42)43)11-8-25(3)28-9-10-29-33-30(13-15-35(28,29)5)34(4)14-12-27(22-26(34)23-31(33)40)39-19-7-18-38-21-20-37-17-6-16-36/h24-33,37-40H,6-23,36H2,1-5H3,(H,41,42,43)/t25-,26-,27+,28-,29?,30?,31-,32-,33?,34+,35-/m1/s1. The van der Waals surface area contributed by atoms with Crippen LogP contribution in [0.25, 0.3) is 0 Å². The maximum Gasteiger partial charge on any atom is 0.397 e. The van der Waals surface area contributed by atoms with Gasteiger partial charge in [0.25, 0.3) is 0 Å². The van der Waals surface area contributed by atoms with E-state index in [4.69, 9.17) is 9.92 Å². The largest absolute Gasteiger partial charge is 0.397 e. The third-order valence-corrected chi connectivity index (χ3v) is 13.8. The van der Waals surface area contributed by atoms with Crippen LogP contribution in [-0.2, 0) is 14.6 Å². The molecule has 9 nitrogen and oxygen atoms in total. The number of hydrogen-bond acceptors (Lipinski definition) is 8. The molecular weight excluding hydrogens is 588 g/mol. The number of aliphatic hydroxyl groups is 1. The van der Waals surface area contributed by atoms with Crippen molar-refractivity contribution >= 4 is 10.4 Å². The van der Waals surface area contributed by atoms with E-state index in [1.807, 2.05) is 13.8 Å². The molecule has 0 saturated heterocycles. The van der Waals surface area contributed by atoms with Crippen LogP contribution in [0.5, 0.6) is 0 Å². The summed E-state index contributed by atoms with van der Waals surface area (Å²) in [6.45, 7) is 17.1. The fourth-order valence-electron chi connectivity index (χ4n) is 10.8. The molecule has 264 valence electrons. The van der Waals surface area contributed by atoms with Gasteiger partial charge in [-0.1, -0.05) is 34.6 Å². The van der Waals surface area contributed by atoms with E-state index in [1.165, 1.54) is 44.9 Å². The third-order valence-electron chi connectivity index (χ3n) is 13.3. The van der Waals surface area contributed by atoms with Gasteiger partial charge < -0.3 is 26.8 Å². The lowest BCUT2D eigenvalue weighted by atomic mass is 9.43. The summed E-state index contributed by atoms with van der Waals surface area (Å²) in [6.07, 6.45) is 12.5. The average molecular weight is 657 g/mol. The van der Waals surface area contributed by atoms with E-state index in [2.05, 4.69) is 36.7 Å². The molecule has 0 aliphatic heterocycles. The first-order valence-electron chi connectivity index (χ1n) is 18.5. The van der Waals surface area contributed by atoms with Crippen LogP contribution in [0.4, 0.5) is 0 Å². The van der Waals surface area contributed by atoms with E-state index >= 15 is 0 Å². The summed E-state index contributed by atoms with van der Waals surface area (Å²) in [5, 5.41) is 22.6. The molecule has 0 spiro atoms. The van der Waals surface area contributed by atoms with E-state index in [0.717, 1.165) is 65.0 Å². The maximum atomic E-state index is 11.8. The molecule has 4 aliphatic carbocycles. The Bertz CT molecular complexity index is 1020. The maximum absolute atomic E-state index is 11.8. The second-order valence-corrected chi connectivity index (χ2v) is 17.4. The van der Waals surface area contributed by atoms with Gasteiger partial charge >= 0.3 is 10.4 Å². The van der Waals surface area contributed by atoms with E-state index in [1.54, 1.807) is 0 Å². The minimum absolute atomic E-state index is 0.0133. The summed E-state index contributed by atoms with van der Waals surface area (Å²) in [7, 11) is -4.46. The van der Waals surface area contributed by atoms with E-state index in [0.29, 0.717) is 53.4 Å². The number of rotatable bonds is 18. The normalized spacial score (nSPS) is 38.0. The Balaban J connectivity index is 1.27. The monoisotopic (exact) mass is 656 g/mol. The lowest BCUT2D eigenvalue weighted by Crippen LogP contribution is -2.59. The summed E-state index contributed by atoms with van der Waals surface area (Å²) in [5.74, 6) is 3.19. The highest BCUT2D eigenvalue weighted by atomic mass is 32.3. The second-order valence-electron chi connectivity index (χ2n) is 16.3. The van der Waals surface area contributed by atoms with Crippen LogP contribution in [0.3, 0.4) is 0 Å². The van der Waals surface area contributed by atoms with Gasteiger partial charge in [0.15, 0.2) is 0 Å². The lowest BCUT2D eigenvalue weighted by Gasteiger charge is -2.62. The minimum Gasteiger partial charge on any atom is -0.393 e. The smallest absolute Gasteiger partial charge is 0.393 e. The van der Waals surface area contributed by atoms with Crippen LogP contribution < -0.4 is 21.7 Å². The molecule has 0 heterocycles. The van der Waals surface area contributed by atoms with Crippen LogP contribution in [0, 0.1) is 52.3 Å². The molecule has 11 atom stereocenters. The molecule has 0 bridgehead atoms. The highest BCUT2D eigenvalue weighted by Crippen LogP contribution is 2.68. The molecule has 4 rings (SSSR count). The number of hydrogen-bond donors (Lipinski definition) is 6. The van der Waals surface area contributed by atoms with Gasteiger partial charge in [-0.05, 0) is 155 Å². The zero-order valence-electron chi connectivity index (χ0n) is 29.1. The minimum atomic E-state index is -4.46. The van der Waals surface area contributed by atoms with Crippen LogP contribution in [0.1, 0.15) is 112 Å². The van der Waals surface area contributed by atoms with Crippen molar-refractivity contribution in [3.63, 3.8) is 0 Å². The molecule has 3 unspecified atom stereocenters. The van der Waals surface area contributed by atoms with Gasteiger partial charge in [0.05, 0.1) is 12.2 Å². The Morgan fingerprint density at radius 3 is 2.20 bits per heavy atom. The first-order valence-corrected chi connectivity index (χ1v) is 19.8. The van der Waals surface area contributed by atoms with Gasteiger partial charge in [-0.3, -0.25) is 4.55 Å². The van der Waals surface area contributed by atoms with Crippen molar-refractivity contribution in [2.24, 2.45) is 58.0 Å². The number of fused-ring (bicyclic) bond motifs is 5. The number of aliphatic hydroxyl groups excluding tert-OH is 1. The summed E-state index contributed by atoms with van der Waals surface area (Å²) in [5.41, 5.74) is 6.08. The van der Waals surface area contributed by atoms with Crippen molar-refractivity contribution in [3.8, 4) is 0 Å². The molecule has 0 radical (unpaired) electrons. The predicted molar refractivity (Wildman–Crippen MR) is 182 cm³/mol. The Labute approximate surface area is 275 Å². The molecule has 7 N–H and O–H groups in total. The Morgan fingerprint density at radius 2 is 1.53 bits per heavy atom. The van der Waals surface area contributed by atoms with Crippen LogP contribution in [0.15, 0.2) is 0 Å². The van der Waals surface area contributed by atoms with E-state index in [-0.39, 0.29) is 17.4 Å². The van der Waals surface area contributed by atoms with Crippen molar-refractivity contribution in [1.29, 1.82) is 0 Å². The highest BCUT2D eigenvalue weighted by molar-refractivity contribution is 7.80. The second kappa shape index (κ2) is 16.4. The van der Waals surface area contributed by atoms with Gasteiger partial charge in [-0.2, -0.15) is 8.42 Å². The summed E-state index contributed by atoms with van der Waals surface area (Å²) in [6, 6.07) is 0.565. The Kier molecular flexibility index (Phi) is 13.6. The zero-order chi connectivity index (χ0) is 32.8. The lowest BCUT2D eigenvalue weighted by molar-refractivity contribution is -0.167. The van der Waals surface area contributed by atoms with Crippen LogP contribution in [-0.4, -0.2) is 75.6 Å². The van der Waals surface area contributed by atoms with E-state index < -0.39 is 16.5 Å². The topological polar surface area (TPSA) is 146 Å². The number of nitrogens with two attached hydrogens (primary N) is 1. The highest BCUT2D eigenvalue weighted by Gasteiger charge is 2.62. The third kappa shape index (κ3) is 9.22. The molecule has 0 aromatic heterocycles. The molecule has 0 aromatic rings. The molecule has 0 amide bonds. The fourth-order valence-corrected chi connectivity index (χ4v) is 11.5. The first kappa shape index (κ1) is 37.5. The summed E-state index contributed by atoms with van der Waals surface area (Å²) >= 11 is 0. The van der Waals surface area contributed by atoms with Gasteiger partial charge in [-0.25, -0.2) is 4.18 Å². The quantitative estimate of drug-likeness (QED) is 0.0909. The fraction of sp³-hybridized carbons (Fsp3) is 1.00. The van der Waals surface area contributed by atoms with Crippen LogP contribution in [0.2, 0.25) is 0 Å². The summed E-state index contributed by atoms with van der Waals surface area (Å²) in [4.78, 5) is 0. The van der Waals surface area contributed by atoms with Gasteiger partial charge in [0, 0.05) is 19.1 Å². The van der Waals surface area contributed by atoms with Gasteiger partial charge in [0.1, 0.15) is 0 Å². The Morgan fingerprint density at radius 1 is 0.867 bits per heavy atom. The van der Waals surface area contributed by atoms with Crippen LogP contribution >= 0.6 is 0 Å². The van der Waals surface area contributed by atoms with Gasteiger partial charge in [-0.15, -0.1) is 0 Å².